The van der Waals surface area contributed by atoms with Crippen LogP contribution in [0.5, 0.6) is 17.2 Å². The van der Waals surface area contributed by atoms with Gasteiger partial charge >= 0.3 is 0 Å². The minimum absolute atomic E-state index is 0.00136. The summed E-state index contributed by atoms with van der Waals surface area (Å²) in [6, 6.07) is 12.9. The largest absolute Gasteiger partial charge is 0.493 e. The average molecular weight is 932 g/mol. The number of rotatable bonds is 15. The van der Waals surface area contributed by atoms with Crippen molar-refractivity contribution in [1.29, 1.82) is 5.26 Å². The number of nitrogens with one attached hydrogen (secondary N) is 4. The number of nitriles is 1. The Kier molecular flexibility index (Phi) is 16.3. The van der Waals surface area contributed by atoms with E-state index < -0.39 is 53.7 Å². The number of nitrogens with two attached hydrogens (primary N) is 3. The highest BCUT2D eigenvalue weighted by Crippen LogP contribution is 2.41. The molecular weight excluding hydrogens is 871 g/mol. The Morgan fingerprint density at radius 2 is 1.59 bits per heavy atom. The van der Waals surface area contributed by atoms with Gasteiger partial charge in [0.15, 0.2) is 5.82 Å². The van der Waals surface area contributed by atoms with Gasteiger partial charge in [0.2, 0.25) is 23.6 Å². The first kappa shape index (κ1) is 50.3. The van der Waals surface area contributed by atoms with Crippen LogP contribution in [0.25, 0.3) is 22.5 Å². The first-order valence-electron chi connectivity index (χ1n) is 22.6. The van der Waals surface area contributed by atoms with Gasteiger partial charge in [-0.2, -0.15) is 5.26 Å². The molecule has 0 saturated carbocycles. The van der Waals surface area contributed by atoms with Gasteiger partial charge in [0.1, 0.15) is 61.2 Å². The second-order valence-corrected chi connectivity index (χ2v) is 17.5. The van der Waals surface area contributed by atoms with Crippen LogP contribution in [0, 0.1) is 25.2 Å². The summed E-state index contributed by atoms with van der Waals surface area (Å²) in [6.07, 6.45) is 0.882. The standard InChI is InChI=1S/C49H61N11O8/c1-27-41(28(2)56-43(55-27)32-8-10-35-40(26-32)66-20-14-49(35,4)5)46(63)58-36(13-15-50)48(65)60(6)42-31-9-12-39(68-22-18-53)34(25-31)33-23-30(7-11-38(33)67-21-17-52)24-37(45(62)54-19-16-51)59-44(61)29(3)57-47(42)64/h7-12,23,25-26,29,36-37,42H,13-15,17-22,24,50,52-53H2,1-6H3,(H,54,62)(H,57,64)(H,58,63)(H,59,61). The van der Waals surface area contributed by atoms with Crippen LogP contribution in [0.1, 0.15) is 78.1 Å². The number of benzene rings is 3. The lowest BCUT2D eigenvalue weighted by molar-refractivity contribution is -0.141. The number of aryl methyl sites for hydroxylation is 2. The highest BCUT2D eigenvalue weighted by Gasteiger charge is 2.37. The van der Waals surface area contributed by atoms with E-state index in [9.17, 15) is 29.2 Å². The molecule has 5 amide bonds. The van der Waals surface area contributed by atoms with Crippen molar-refractivity contribution in [3.63, 3.8) is 0 Å². The van der Waals surface area contributed by atoms with Crippen LogP contribution >= 0.6 is 0 Å². The highest BCUT2D eigenvalue weighted by atomic mass is 16.5. The third kappa shape index (κ3) is 11.3. The lowest BCUT2D eigenvalue weighted by Crippen LogP contribution is -2.56. The molecule has 6 rings (SSSR count). The first-order chi connectivity index (χ1) is 32.5. The van der Waals surface area contributed by atoms with E-state index >= 15 is 0 Å². The van der Waals surface area contributed by atoms with Crippen molar-refractivity contribution in [3.8, 4) is 45.8 Å². The molecule has 4 unspecified atom stereocenters. The monoisotopic (exact) mass is 931 g/mol. The molecule has 0 fully saturated rings. The molecule has 4 atom stereocenters. The minimum Gasteiger partial charge on any atom is -0.493 e. The molecule has 3 heterocycles. The van der Waals surface area contributed by atoms with E-state index in [0.717, 1.165) is 23.3 Å². The van der Waals surface area contributed by atoms with Gasteiger partial charge in [-0.25, -0.2) is 9.97 Å². The van der Waals surface area contributed by atoms with E-state index in [4.69, 9.17) is 41.4 Å². The minimum atomic E-state index is -1.41. The number of carbonyl (C=O) groups is 5. The summed E-state index contributed by atoms with van der Waals surface area (Å²) in [5.74, 6) is -1.44. The lowest BCUT2D eigenvalue weighted by Gasteiger charge is -2.33. The van der Waals surface area contributed by atoms with Gasteiger partial charge in [-0.15, -0.1) is 0 Å². The van der Waals surface area contributed by atoms with Crippen LogP contribution < -0.4 is 52.7 Å². The number of amides is 5. The van der Waals surface area contributed by atoms with E-state index in [0.29, 0.717) is 57.6 Å². The Morgan fingerprint density at radius 1 is 0.926 bits per heavy atom. The summed E-state index contributed by atoms with van der Waals surface area (Å²) in [5, 5.41) is 20.0. The third-order valence-corrected chi connectivity index (χ3v) is 12.1. The SMILES string of the molecule is Cc1nc(-c2ccc3c(c2)OCCC3(C)C)nc(C)c1C(=O)NC(CCN)C(=O)N(C)C1C(=O)NC(C)C(=O)NC(C(=O)NCC#N)Cc2ccc(OCCN)c(c2)-c2cc1ccc2OCCN. The molecule has 1 aromatic heterocycles. The number of ether oxygens (including phenoxy) is 3. The molecule has 360 valence electrons. The molecule has 0 saturated heterocycles. The van der Waals surface area contributed by atoms with Gasteiger partial charge in [-0.1, -0.05) is 38.1 Å². The van der Waals surface area contributed by atoms with Crippen LogP contribution in [-0.2, 0) is 31.0 Å². The molecule has 68 heavy (non-hydrogen) atoms. The zero-order valence-electron chi connectivity index (χ0n) is 39.4. The van der Waals surface area contributed by atoms with Gasteiger partial charge in [0.05, 0.1) is 29.6 Å². The average Bonchev–Trinajstić information content (AvgIpc) is 3.30. The topological polar surface area (TPSA) is 292 Å². The Balaban J connectivity index is 1.38. The number of aromatic nitrogens is 2. The molecule has 4 bridgehead atoms. The second kappa shape index (κ2) is 22.1. The van der Waals surface area contributed by atoms with Gasteiger partial charge in [0, 0.05) is 43.2 Å². The summed E-state index contributed by atoms with van der Waals surface area (Å²) in [5.41, 5.74) is 22.3. The predicted molar refractivity (Wildman–Crippen MR) is 253 cm³/mol. The van der Waals surface area contributed by atoms with Gasteiger partial charge < -0.3 is 57.6 Å². The fraction of sp³-hybridized carbons (Fsp3) is 0.429. The quantitative estimate of drug-likeness (QED) is 0.0840. The summed E-state index contributed by atoms with van der Waals surface area (Å²) in [4.78, 5) is 81.3. The molecular formula is C49H61N11O8. The fourth-order valence-electron chi connectivity index (χ4n) is 8.42. The molecule has 4 aromatic rings. The molecule has 2 aliphatic rings. The van der Waals surface area contributed by atoms with Gasteiger partial charge in [-0.3, -0.25) is 24.0 Å². The van der Waals surface area contributed by atoms with Crippen LogP contribution in [0.15, 0.2) is 54.6 Å². The van der Waals surface area contributed by atoms with Crippen LogP contribution in [0.3, 0.4) is 0 Å². The molecule has 3 aromatic carbocycles. The Hall–Kier alpha value is -7.14. The maximum absolute atomic E-state index is 14.8. The Morgan fingerprint density at radius 3 is 2.24 bits per heavy atom. The van der Waals surface area contributed by atoms with Gasteiger partial charge in [-0.05, 0) is 92.6 Å². The van der Waals surface area contributed by atoms with E-state index in [-0.39, 0.29) is 63.2 Å². The van der Waals surface area contributed by atoms with E-state index in [1.165, 1.54) is 18.9 Å². The highest BCUT2D eigenvalue weighted by molar-refractivity contribution is 6.00. The number of hydrogen-bond acceptors (Lipinski definition) is 14. The number of hydrogen-bond donors (Lipinski definition) is 7. The second-order valence-electron chi connectivity index (χ2n) is 17.5. The smallest absolute Gasteiger partial charge is 0.255 e. The van der Waals surface area contributed by atoms with Crippen molar-refractivity contribution in [3.05, 3.63) is 88.2 Å². The summed E-state index contributed by atoms with van der Waals surface area (Å²) in [7, 11) is 1.42. The molecule has 0 radical (unpaired) electrons. The molecule has 0 spiro atoms. The van der Waals surface area contributed by atoms with Crippen molar-refractivity contribution in [1.82, 2.24) is 36.1 Å². The number of nitrogens with zero attached hydrogens (tertiary/aromatic N) is 4. The third-order valence-electron chi connectivity index (χ3n) is 12.1. The summed E-state index contributed by atoms with van der Waals surface area (Å²) in [6.45, 7) is 10.1. The number of likely N-dealkylation sites (N-methyl/N-ethyl adjacent to an activating group) is 1. The molecule has 2 aliphatic heterocycles. The number of carbonyl (C=O) groups excluding carboxylic acids is 5. The first-order valence-corrected chi connectivity index (χ1v) is 22.6. The van der Waals surface area contributed by atoms with Crippen LogP contribution in [0.4, 0.5) is 0 Å². The van der Waals surface area contributed by atoms with E-state index in [2.05, 4.69) is 35.1 Å². The Bertz CT molecular complexity index is 2570. The van der Waals surface area contributed by atoms with Crippen LogP contribution in [-0.4, -0.2) is 116 Å². The van der Waals surface area contributed by atoms with Crippen molar-refractivity contribution in [2.24, 2.45) is 17.2 Å². The van der Waals surface area contributed by atoms with Crippen molar-refractivity contribution < 1.29 is 38.2 Å². The number of fused-ring (bicyclic) bond motifs is 6. The fourth-order valence-corrected chi connectivity index (χ4v) is 8.42. The zero-order chi connectivity index (χ0) is 49.3. The zero-order valence-corrected chi connectivity index (χ0v) is 39.4. The molecule has 0 aliphatic carbocycles. The Labute approximate surface area is 395 Å². The summed E-state index contributed by atoms with van der Waals surface area (Å²) < 4.78 is 18.2. The maximum Gasteiger partial charge on any atom is 0.255 e. The van der Waals surface area contributed by atoms with Crippen molar-refractivity contribution in [2.75, 3.05) is 53.0 Å². The van der Waals surface area contributed by atoms with Gasteiger partial charge in [0.25, 0.3) is 5.91 Å². The molecule has 10 N–H and O–H groups in total. The van der Waals surface area contributed by atoms with Crippen LogP contribution in [0.2, 0.25) is 0 Å². The molecule has 19 heteroatoms. The van der Waals surface area contributed by atoms with E-state index in [1.54, 1.807) is 50.2 Å². The lowest BCUT2D eigenvalue weighted by atomic mass is 9.79. The molecule has 19 nitrogen and oxygen atoms in total. The van der Waals surface area contributed by atoms with Crippen molar-refractivity contribution in [2.45, 2.75) is 83.5 Å². The van der Waals surface area contributed by atoms with Crippen molar-refractivity contribution >= 4 is 29.5 Å². The maximum atomic E-state index is 14.8. The summed E-state index contributed by atoms with van der Waals surface area (Å²) >= 11 is 0. The normalized spacial score (nSPS) is 17.9. The predicted octanol–water partition coefficient (Wildman–Crippen LogP) is 1.99. The van der Waals surface area contributed by atoms with E-state index in [1.807, 2.05) is 24.3 Å².